The number of rotatable bonds is 4. The molecule has 0 unspecified atom stereocenters. The fraction of sp³-hybridized carbons (Fsp3) is 0.267. The predicted molar refractivity (Wildman–Crippen MR) is 78.9 cm³/mol. The number of hydrogen-bond acceptors (Lipinski definition) is 4. The molecule has 0 saturated carbocycles. The Morgan fingerprint density at radius 2 is 2.15 bits per heavy atom. The second-order valence-electron chi connectivity index (χ2n) is 4.70. The second-order valence-corrected chi connectivity index (χ2v) is 4.70. The third-order valence-electron chi connectivity index (χ3n) is 3.29. The quantitative estimate of drug-likeness (QED) is 0.787. The Morgan fingerprint density at radius 3 is 2.85 bits per heavy atom. The zero-order chi connectivity index (χ0) is 13.9. The highest BCUT2D eigenvalue weighted by atomic mass is 15.1. The van der Waals surface area contributed by atoms with E-state index in [4.69, 9.17) is 10.7 Å². The van der Waals surface area contributed by atoms with Crippen molar-refractivity contribution in [2.45, 2.75) is 26.4 Å². The Labute approximate surface area is 117 Å². The van der Waals surface area contributed by atoms with Gasteiger partial charge in [-0.15, -0.1) is 0 Å². The van der Waals surface area contributed by atoms with Gasteiger partial charge in [-0.25, -0.2) is 9.97 Å². The molecule has 0 saturated heterocycles. The average molecular weight is 267 g/mol. The Kier molecular flexibility index (Phi) is 3.43. The van der Waals surface area contributed by atoms with Crippen LogP contribution >= 0.6 is 0 Å². The van der Waals surface area contributed by atoms with Gasteiger partial charge in [-0.05, 0) is 24.1 Å². The summed E-state index contributed by atoms with van der Waals surface area (Å²) in [6.45, 7) is 3.59. The molecular formula is C15H17N5. The lowest BCUT2D eigenvalue weighted by atomic mass is 10.2. The van der Waals surface area contributed by atoms with Crippen molar-refractivity contribution < 1.29 is 0 Å². The first-order valence-electron chi connectivity index (χ1n) is 6.79. The summed E-state index contributed by atoms with van der Waals surface area (Å²) in [6, 6.07) is 6.18. The summed E-state index contributed by atoms with van der Waals surface area (Å²) in [7, 11) is 0. The smallest absolute Gasteiger partial charge is 0.161 e. The lowest BCUT2D eigenvalue weighted by Crippen LogP contribution is -2.01. The SMILES string of the molecule is CCCn1c(-c2cnccn2)nc2cc(CN)ccc21. The first-order chi connectivity index (χ1) is 9.83. The van der Waals surface area contributed by atoms with Crippen LogP contribution < -0.4 is 5.73 Å². The highest BCUT2D eigenvalue weighted by molar-refractivity contribution is 5.80. The molecule has 0 atom stereocenters. The molecular weight excluding hydrogens is 250 g/mol. The Morgan fingerprint density at radius 1 is 1.25 bits per heavy atom. The number of benzene rings is 1. The van der Waals surface area contributed by atoms with Crippen LogP contribution in [0.25, 0.3) is 22.6 Å². The van der Waals surface area contributed by atoms with Crippen molar-refractivity contribution in [3.63, 3.8) is 0 Å². The summed E-state index contributed by atoms with van der Waals surface area (Å²) in [6.07, 6.45) is 6.15. The standard InChI is InChI=1S/C15H17N5/c1-2-7-20-14-4-3-11(9-16)8-12(14)19-15(20)13-10-17-5-6-18-13/h3-6,8,10H,2,7,9,16H2,1H3. The number of hydrogen-bond donors (Lipinski definition) is 1. The zero-order valence-corrected chi connectivity index (χ0v) is 11.5. The number of nitrogens with two attached hydrogens (primary N) is 1. The van der Waals surface area contributed by atoms with Crippen molar-refractivity contribution in [2.24, 2.45) is 5.73 Å². The van der Waals surface area contributed by atoms with Crippen molar-refractivity contribution in [3.8, 4) is 11.5 Å². The molecule has 3 rings (SSSR count). The molecule has 0 aliphatic rings. The lowest BCUT2D eigenvalue weighted by molar-refractivity contribution is 0.702. The minimum absolute atomic E-state index is 0.525. The maximum Gasteiger partial charge on any atom is 0.161 e. The number of aromatic nitrogens is 4. The van der Waals surface area contributed by atoms with Gasteiger partial charge >= 0.3 is 0 Å². The molecule has 0 spiro atoms. The third-order valence-corrected chi connectivity index (χ3v) is 3.29. The molecule has 1 aromatic carbocycles. The van der Waals surface area contributed by atoms with Crippen LogP contribution in [0.5, 0.6) is 0 Å². The molecule has 5 heteroatoms. The summed E-state index contributed by atoms with van der Waals surface area (Å²) in [5, 5.41) is 0. The van der Waals surface area contributed by atoms with E-state index in [1.54, 1.807) is 18.6 Å². The van der Waals surface area contributed by atoms with Crippen LogP contribution in [0.3, 0.4) is 0 Å². The second kappa shape index (κ2) is 5.38. The van der Waals surface area contributed by atoms with E-state index >= 15 is 0 Å². The summed E-state index contributed by atoms with van der Waals surface area (Å²) >= 11 is 0. The lowest BCUT2D eigenvalue weighted by Gasteiger charge is -2.06. The third kappa shape index (κ3) is 2.16. The van der Waals surface area contributed by atoms with Crippen molar-refractivity contribution in [2.75, 3.05) is 0 Å². The van der Waals surface area contributed by atoms with Gasteiger partial charge in [0.2, 0.25) is 0 Å². The highest BCUT2D eigenvalue weighted by Gasteiger charge is 2.13. The first-order valence-corrected chi connectivity index (χ1v) is 6.79. The Balaban J connectivity index is 2.22. The molecule has 0 aliphatic heterocycles. The number of fused-ring (bicyclic) bond motifs is 1. The Bertz CT molecular complexity index is 718. The molecule has 0 aliphatic carbocycles. The zero-order valence-electron chi connectivity index (χ0n) is 11.5. The van der Waals surface area contributed by atoms with Gasteiger partial charge in [0.1, 0.15) is 5.69 Å². The molecule has 2 aromatic heterocycles. The molecule has 20 heavy (non-hydrogen) atoms. The molecule has 0 radical (unpaired) electrons. The average Bonchev–Trinajstić information content (AvgIpc) is 2.86. The highest BCUT2D eigenvalue weighted by Crippen LogP contribution is 2.24. The molecule has 0 amide bonds. The van der Waals surface area contributed by atoms with E-state index in [-0.39, 0.29) is 0 Å². The monoisotopic (exact) mass is 267 g/mol. The number of nitrogens with zero attached hydrogens (tertiary/aromatic N) is 4. The topological polar surface area (TPSA) is 69.6 Å². The number of imidazole rings is 1. The van der Waals surface area contributed by atoms with Gasteiger partial charge in [-0.3, -0.25) is 4.98 Å². The van der Waals surface area contributed by atoms with Crippen LogP contribution in [0.15, 0.2) is 36.8 Å². The fourth-order valence-corrected chi connectivity index (χ4v) is 2.36. The summed E-state index contributed by atoms with van der Waals surface area (Å²) in [5.74, 6) is 0.865. The van der Waals surface area contributed by atoms with E-state index in [0.717, 1.165) is 41.1 Å². The molecule has 0 fully saturated rings. The van der Waals surface area contributed by atoms with Gasteiger partial charge in [-0.2, -0.15) is 0 Å². The van der Waals surface area contributed by atoms with Crippen LogP contribution in [-0.4, -0.2) is 19.5 Å². The van der Waals surface area contributed by atoms with Crippen molar-refractivity contribution >= 4 is 11.0 Å². The molecule has 102 valence electrons. The van der Waals surface area contributed by atoms with Crippen molar-refractivity contribution in [3.05, 3.63) is 42.4 Å². The van der Waals surface area contributed by atoms with Gasteiger partial charge in [0, 0.05) is 25.5 Å². The van der Waals surface area contributed by atoms with Gasteiger partial charge in [0.15, 0.2) is 5.82 Å². The van der Waals surface area contributed by atoms with Crippen molar-refractivity contribution in [1.29, 1.82) is 0 Å². The van der Waals surface area contributed by atoms with E-state index in [1.165, 1.54) is 0 Å². The van der Waals surface area contributed by atoms with Gasteiger partial charge in [0.05, 0.1) is 17.2 Å². The Hall–Kier alpha value is -2.27. The summed E-state index contributed by atoms with van der Waals surface area (Å²) in [4.78, 5) is 13.2. The van der Waals surface area contributed by atoms with Gasteiger partial charge < -0.3 is 10.3 Å². The van der Waals surface area contributed by atoms with Crippen LogP contribution in [-0.2, 0) is 13.1 Å². The molecule has 0 bridgehead atoms. The fourth-order valence-electron chi connectivity index (χ4n) is 2.36. The van der Waals surface area contributed by atoms with E-state index < -0.39 is 0 Å². The van der Waals surface area contributed by atoms with Crippen LogP contribution in [0.1, 0.15) is 18.9 Å². The molecule has 2 N–H and O–H groups in total. The van der Waals surface area contributed by atoms with Crippen LogP contribution in [0, 0.1) is 0 Å². The maximum absolute atomic E-state index is 5.70. The normalized spacial score (nSPS) is 11.1. The summed E-state index contributed by atoms with van der Waals surface area (Å²) < 4.78 is 2.19. The van der Waals surface area contributed by atoms with E-state index in [2.05, 4.69) is 33.6 Å². The molecule has 2 heterocycles. The molecule has 5 nitrogen and oxygen atoms in total. The van der Waals surface area contributed by atoms with Crippen LogP contribution in [0.4, 0.5) is 0 Å². The van der Waals surface area contributed by atoms with E-state index in [0.29, 0.717) is 6.54 Å². The number of aryl methyl sites for hydroxylation is 1. The van der Waals surface area contributed by atoms with Crippen molar-refractivity contribution in [1.82, 2.24) is 19.5 Å². The van der Waals surface area contributed by atoms with Gasteiger partial charge in [0.25, 0.3) is 0 Å². The predicted octanol–water partition coefficient (Wildman–Crippen LogP) is 2.36. The minimum Gasteiger partial charge on any atom is -0.326 e. The van der Waals surface area contributed by atoms with E-state index in [1.807, 2.05) is 6.07 Å². The van der Waals surface area contributed by atoms with Gasteiger partial charge in [-0.1, -0.05) is 13.0 Å². The van der Waals surface area contributed by atoms with Crippen LogP contribution in [0.2, 0.25) is 0 Å². The van der Waals surface area contributed by atoms with E-state index in [9.17, 15) is 0 Å². The largest absolute Gasteiger partial charge is 0.326 e. The first kappa shape index (κ1) is 12.7. The maximum atomic E-state index is 5.70. The minimum atomic E-state index is 0.525. The molecule has 3 aromatic rings. The summed E-state index contributed by atoms with van der Waals surface area (Å²) in [5.41, 5.74) is 9.66.